The standard InChI is InChI=1S/C2H3N3O/c3-1-4-2(6)5-1/h(H3,3,4,5,6). The molecule has 1 aliphatic heterocycles. The first-order chi connectivity index (χ1) is 2.79. The summed E-state index contributed by atoms with van der Waals surface area (Å²) in [6.07, 6.45) is 0. The van der Waals surface area contributed by atoms with E-state index < -0.39 is 0 Å². The van der Waals surface area contributed by atoms with Crippen molar-refractivity contribution >= 4 is 12.0 Å². The van der Waals surface area contributed by atoms with E-state index in [1.165, 1.54) is 0 Å². The molecule has 32 valence electrons. The summed E-state index contributed by atoms with van der Waals surface area (Å²) < 4.78 is 0. The Labute approximate surface area is 34.0 Å². The summed E-state index contributed by atoms with van der Waals surface area (Å²) in [6, 6.07) is -0.292. The summed E-state index contributed by atoms with van der Waals surface area (Å²) in [5, 5.41) is 10.8. The molecule has 0 unspecified atom stereocenters. The number of rotatable bonds is 0. The van der Waals surface area contributed by atoms with E-state index in [-0.39, 0.29) is 12.0 Å². The second kappa shape index (κ2) is 0.707. The summed E-state index contributed by atoms with van der Waals surface area (Å²) in [6.45, 7) is 0. The van der Waals surface area contributed by atoms with Crippen molar-refractivity contribution in [3.63, 3.8) is 0 Å². The fraction of sp³-hybridized carbons (Fsp3) is 0. The van der Waals surface area contributed by atoms with Crippen LogP contribution in [0.5, 0.6) is 0 Å². The second-order valence-electron chi connectivity index (χ2n) is 0.954. The van der Waals surface area contributed by atoms with Gasteiger partial charge in [0.25, 0.3) is 0 Å². The van der Waals surface area contributed by atoms with Crippen LogP contribution in [0.3, 0.4) is 0 Å². The molecule has 0 aromatic rings. The maximum atomic E-state index is 9.75. The SMILES string of the molecule is N=C1NC(=O)N1. The van der Waals surface area contributed by atoms with E-state index in [1.807, 2.05) is 0 Å². The fourth-order valence-corrected chi connectivity index (χ4v) is 0.227. The highest BCUT2D eigenvalue weighted by molar-refractivity contribution is 6.12. The zero-order valence-electron chi connectivity index (χ0n) is 2.91. The van der Waals surface area contributed by atoms with Crippen molar-refractivity contribution in [1.29, 1.82) is 5.41 Å². The number of carbonyl (C=O) groups excluding carboxylic acids is 1. The molecule has 0 spiro atoms. The van der Waals surface area contributed by atoms with Gasteiger partial charge in [-0.15, -0.1) is 0 Å². The Hall–Kier alpha value is -1.06. The highest BCUT2D eigenvalue weighted by atomic mass is 16.2. The Bertz CT molecular complexity index is 85.4. The third-order valence-electron chi connectivity index (χ3n) is 0.477. The van der Waals surface area contributed by atoms with E-state index >= 15 is 0 Å². The van der Waals surface area contributed by atoms with Gasteiger partial charge in [0.2, 0.25) is 5.96 Å². The van der Waals surface area contributed by atoms with Crippen LogP contribution in [-0.4, -0.2) is 12.0 Å². The van der Waals surface area contributed by atoms with Crippen molar-refractivity contribution in [1.82, 2.24) is 10.6 Å². The normalized spacial score (nSPS) is 18.0. The van der Waals surface area contributed by atoms with Gasteiger partial charge < -0.3 is 0 Å². The summed E-state index contributed by atoms with van der Waals surface area (Å²) in [5.74, 6) is 0.0833. The predicted octanol–water partition coefficient (Wildman–Crippen LogP) is -0.766. The van der Waals surface area contributed by atoms with E-state index in [2.05, 4.69) is 10.6 Å². The van der Waals surface area contributed by atoms with Crippen LogP contribution in [0.2, 0.25) is 0 Å². The minimum Gasteiger partial charge on any atom is -0.278 e. The van der Waals surface area contributed by atoms with Gasteiger partial charge in [-0.1, -0.05) is 0 Å². The van der Waals surface area contributed by atoms with Gasteiger partial charge in [0.05, 0.1) is 0 Å². The molecule has 4 nitrogen and oxygen atoms in total. The molecule has 6 heavy (non-hydrogen) atoms. The topological polar surface area (TPSA) is 65.0 Å². The van der Waals surface area contributed by atoms with Crippen LogP contribution < -0.4 is 10.6 Å². The molecule has 0 radical (unpaired) electrons. The van der Waals surface area contributed by atoms with Crippen LogP contribution in [0.1, 0.15) is 0 Å². The van der Waals surface area contributed by atoms with Crippen LogP contribution in [0.15, 0.2) is 0 Å². The first kappa shape index (κ1) is 3.14. The van der Waals surface area contributed by atoms with Gasteiger partial charge in [0, 0.05) is 0 Å². The Balaban J connectivity index is 2.47. The molecule has 3 N–H and O–H groups in total. The van der Waals surface area contributed by atoms with Gasteiger partial charge in [0.15, 0.2) is 0 Å². The predicted molar refractivity (Wildman–Crippen MR) is 19.4 cm³/mol. The van der Waals surface area contributed by atoms with E-state index in [9.17, 15) is 4.79 Å². The quantitative estimate of drug-likeness (QED) is 0.355. The minimum atomic E-state index is -0.292. The van der Waals surface area contributed by atoms with Gasteiger partial charge in [-0.05, 0) is 0 Å². The molecule has 0 bridgehead atoms. The molecule has 0 saturated carbocycles. The van der Waals surface area contributed by atoms with Crippen LogP contribution in [0.4, 0.5) is 4.79 Å². The van der Waals surface area contributed by atoms with Gasteiger partial charge >= 0.3 is 6.03 Å². The van der Waals surface area contributed by atoms with Crippen molar-refractivity contribution in [2.75, 3.05) is 0 Å². The van der Waals surface area contributed by atoms with Crippen molar-refractivity contribution in [3.05, 3.63) is 0 Å². The summed E-state index contributed by atoms with van der Waals surface area (Å²) >= 11 is 0. The zero-order valence-corrected chi connectivity index (χ0v) is 2.91. The first-order valence-corrected chi connectivity index (χ1v) is 1.45. The van der Waals surface area contributed by atoms with Gasteiger partial charge in [-0.25, -0.2) is 4.79 Å². The van der Waals surface area contributed by atoms with Crippen molar-refractivity contribution in [3.8, 4) is 0 Å². The van der Waals surface area contributed by atoms with Crippen molar-refractivity contribution in [2.24, 2.45) is 0 Å². The smallest absolute Gasteiger partial charge is 0.278 e. The highest BCUT2D eigenvalue weighted by Gasteiger charge is 2.14. The second-order valence-corrected chi connectivity index (χ2v) is 0.954. The molecule has 1 aliphatic rings. The lowest BCUT2D eigenvalue weighted by atomic mass is 10.7. The molecule has 1 heterocycles. The Morgan fingerprint density at radius 2 is 2.00 bits per heavy atom. The summed E-state index contributed by atoms with van der Waals surface area (Å²) in [7, 11) is 0. The van der Waals surface area contributed by atoms with Crippen molar-refractivity contribution in [2.45, 2.75) is 0 Å². The van der Waals surface area contributed by atoms with E-state index in [1.54, 1.807) is 0 Å². The third-order valence-corrected chi connectivity index (χ3v) is 0.477. The van der Waals surface area contributed by atoms with Gasteiger partial charge in [-0.2, -0.15) is 0 Å². The maximum Gasteiger partial charge on any atom is 0.328 e. The average molecular weight is 85.1 g/mol. The number of hydrogen-bond acceptors (Lipinski definition) is 2. The molecule has 0 aromatic carbocycles. The summed E-state index contributed by atoms with van der Waals surface area (Å²) in [5.41, 5.74) is 0. The number of carbonyl (C=O) groups is 1. The van der Waals surface area contributed by atoms with Crippen molar-refractivity contribution < 1.29 is 4.79 Å². The molecule has 1 rings (SSSR count). The lowest BCUT2D eigenvalue weighted by Crippen LogP contribution is -2.58. The number of nitrogens with one attached hydrogen (secondary N) is 3. The Kier molecular flexibility index (Phi) is 0.370. The minimum absolute atomic E-state index is 0.0833. The van der Waals surface area contributed by atoms with E-state index in [4.69, 9.17) is 5.41 Å². The zero-order chi connectivity index (χ0) is 4.57. The summed E-state index contributed by atoms with van der Waals surface area (Å²) in [4.78, 5) is 9.75. The van der Waals surface area contributed by atoms with Gasteiger partial charge in [-0.3, -0.25) is 16.0 Å². The number of guanidine groups is 1. The van der Waals surface area contributed by atoms with Gasteiger partial charge in [0.1, 0.15) is 0 Å². The molecule has 4 heteroatoms. The van der Waals surface area contributed by atoms with Crippen LogP contribution in [0.25, 0.3) is 0 Å². The maximum absolute atomic E-state index is 9.75. The molecule has 1 saturated heterocycles. The van der Waals surface area contributed by atoms with E-state index in [0.717, 1.165) is 0 Å². The fourth-order valence-electron chi connectivity index (χ4n) is 0.227. The van der Waals surface area contributed by atoms with E-state index in [0.29, 0.717) is 0 Å². The number of hydrogen-bond donors (Lipinski definition) is 3. The number of urea groups is 1. The molecule has 2 amide bonds. The highest BCUT2D eigenvalue weighted by Crippen LogP contribution is 1.72. The lowest BCUT2D eigenvalue weighted by molar-refractivity contribution is 0.243. The van der Waals surface area contributed by atoms with Crippen LogP contribution >= 0.6 is 0 Å². The molecule has 1 fully saturated rings. The number of amides is 2. The Morgan fingerprint density at radius 1 is 1.50 bits per heavy atom. The Morgan fingerprint density at radius 3 is 2.00 bits per heavy atom. The molecule has 0 aliphatic carbocycles. The molecular weight excluding hydrogens is 82.0 g/mol. The van der Waals surface area contributed by atoms with Crippen LogP contribution in [-0.2, 0) is 0 Å². The monoisotopic (exact) mass is 85.0 g/mol. The molecule has 0 atom stereocenters. The average Bonchev–Trinajstić information content (AvgIpc) is 1.33. The molecular formula is C2H3N3O. The largest absolute Gasteiger partial charge is 0.328 e. The third kappa shape index (κ3) is 0.230. The first-order valence-electron chi connectivity index (χ1n) is 1.45. The van der Waals surface area contributed by atoms with Crippen LogP contribution in [0, 0.1) is 5.41 Å². The molecule has 0 aromatic heterocycles. The lowest BCUT2D eigenvalue weighted by Gasteiger charge is -2.14.